The summed E-state index contributed by atoms with van der Waals surface area (Å²) in [6.07, 6.45) is 9.08. The fourth-order valence-corrected chi connectivity index (χ4v) is 4.01. The molecule has 1 aliphatic heterocycles. The highest BCUT2D eigenvalue weighted by Gasteiger charge is 2.28. The Morgan fingerprint density at radius 2 is 2.11 bits per heavy atom. The highest BCUT2D eigenvalue weighted by Crippen LogP contribution is 2.27. The molecule has 4 heteroatoms. The first kappa shape index (κ1) is 14.2. The lowest BCUT2D eigenvalue weighted by molar-refractivity contribution is -0.127. The van der Waals surface area contributed by atoms with Crippen LogP contribution in [0.4, 0.5) is 0 Å². The highest BCUT2D eigenvalue weighted by atomic mass is 32.2. The van der Waals surface area contributed by atoms with Crippen LogP contribution in [0.25, 0.3) is 0 Å². The van der Waals surface area contributed by atoms with Gasteiger partial charge in [0, 0.05) is 23.3 Å². The maximum Gasteiger partial charge on any atom is 0.223 e. The van der Waals surface area contributed by atoms with Gasteiger partial charge in [0.1, 0.15) is 0 Å². The molecule has 0 aromatic rings. The lowest BCUT2D eigenvalue weighted by Crippen LogP contribution is -2.46. The van der Waals surface area contributed by atoms with Crippen molar-refractivity contribution in [3.63, 3.8) is 0 Å². The SMILES string of the molecule is CSC1CCCC(NC(=O)C2CCNC(C)C2)C1. The predicted octanol–water partition coefficient (Wildman–Crippen LogP) is 2.16. The third kappa shape index (κ3) is 3.89. The summed E-state index contributed by atoms with van der Waals surface area (Å²) in [6.45, 7) is 3.15. The summed E-state index contributed by atoms with van der Waals surface area (Å²) in [4.78, 5) is 12.3. The van der Waals surface area contributed by atoms with Crippen molar-refractivity contribution in [3.05, 3.63) is 0 Å². The van der Waals surface area contributed by atoms with E-state index in [1.807, 2.05) is 11.8 Å². The van der Waals surface area contributed by atoms with Gasteiger partial charge in [-0.25, -0.2) is 0 Å². The maximum absolute atomic E-state index is 12.3. The highest BCUT2D eigenvalue weighted by molar-refractivity contribution is 7.99. The molecule has 0 bridgehead atoms. The molecule has 1 aliphatic carbocycles. The molecule has 4 unspecified atom stereocenters. The van der Waals surface area contributed by atoms with Crippen molar-refractivity contribution in [3.8, 4) is 0 Å². The Morgan fingerprint density at radius 3 is 2.83 bits per heavy atom. The second-order valence-electron chi connectivity index (χ2n) is 5.81. The van der Waals surface area contributed by atoms with Gasteiger partial charge >= 0.3 is 0 Å². The summed E-state index contributed by atoms with van der Waals surface area (Å²) in [6, 6.07) is 0.911. The average Bonchev–Trinajstić information content (AvgIpc) is 2.39. The molecule has 0 aromatic carbocycles. The topological polar surface area (TPSA) is 41.1 Å². The van der Waals surface area contributed by atoms with E-state index in [4.69, 9.17) is 0 Å². The molecule has 18 heavy (non-hydrogen) atoms. The first-order chi connectivity index (χ1) is 8.69. The fraction of sp³-hybridized carbons (Fsp3) is 0.929. The standard InChI is InChI=1S/C14H26N2OS/c1-10-8-11(6-7-15-10)14(17)16-12-4-3-5-13(9-12)18-2/h10-13,15H,3-9H2,1-2H3,(H,16,17). The average molecular weight is 270 g/mol. The van der Waals surface area contributed by atoms with Crippen molar-refractivity contribution in [2.75, 3.05) is 12.8 Å². The second kappa shape index (κ2) is 6.80. The van der Waals surface area contributed by atoms with E-state index in [1.165, 1.54) is 19.3 Å². The van der Waals surface area contributed by atoms with E-state index in [9.17, 15) is 4.79 Å². The quantitative estimate of drug-likeness (QED) is 0.826. The van der Waals surface area contributed by atoms with Crippen LogP contribution in [-0.2, 0) is 4.79 Å². The molecule has 1 amide bonds. The molecule has 2 N–H and O–H groups in total. The number of piperidine rings is 1. The molecule has 4 atom stereocenters. The van der Waals surface area contributed by atoms with Crippen molar-refractivity contribution in [1.29, 1.82) is 0 Å². The Morgan fingerprint density at radius 1 is 1.28 bits per heavy atom. The minimum Gasteiger partial charge on any atom is -0.353 e. The zero-order chi connectivity index (χ0) is 13.0. The molecule has 2 rings (SSSR count). The summed E-state index contributed by atoms with van der Waals surface area (Å²) in [5.41, 5.74) is 0. The summed E-state index contributed by atoms with van der Waals surface area (Å²) >= 11 is 1.95. The molecule has 2 aliphatic rings. The van der Waals surface area contributed by atoms with Crippen LogP contribution in [0.1, 0.15) is 45.4 Å². The van der Waals surface area contributed by atoms with Crippen LogP contribution >= 0.6 is 11.8 Å². The van der Waals surface area contributed by atoms with E-state index in [0.29, 0.717) is 18.0 Å². The van der Waals surface area contributed by atoms with Gasteiger partial charge in [-0.2, -0.15) is 11.8 Å². The molecule has 0 aromatic heterocycles. The lowest BCUT2D eigenvalue weighted by atomic mass is 9.90. The molecule has 3 nitrogen and oxygen atoms in total. The Balaban J connectivity index is 1.79. The van der Waals surface area contributed by atoms with Crippen molar-refractivity contribution in [2.45, 2.75) is 62.8 Å². The van der Waals surface area contributed by atoms with Crippen LogP contribution in [-0.4, -0.2) is 36.0 Å². The van der Waals surface area contributed by atoms with Crippen molar-refractivity contribution < 1.29 is 4.79 Å². The number of carbonyl (C=O) groups excluding carboxylic acids is 1. The molecule has 0 radical (unpaired) electrons. The monoisotopic (exact) mass is 270 g/mol. The predicted molar refractivity (Wildman–Crippen MR) is 77.9 cm³/mol. The first-order valence-corrected chi connectivity index (χ1v) is 8.54. The number of hydrogen-bond donors (Lipinski definition) is 2. The van der Waals surface area contributed by atoms with Gasteiger partial charge in [0.15, 0.2) is 0 Å². The van der Waals surface area contributed by atoms with E-state index in [-0.39, 0.29) is 5.92 Å². The summed E-state index contributed by atoms with van der Waals surface area (Å²) in [7, 11) is 0. The molecule has 104 valence electrons. The summed E-state index contributed by atoms with van der Waals surface area (Å²) < 4.78 is 0. The van der Waals surface area contributed by atoms with Crippen LogP contribution < -0.4 is 10.6 Å². The van der Waals surface area contributed by atoms with Gasteiger partial charge in [0.2, 0.25) is 5.91 Å². The molecule has 1 saturated heterocycles. The van der Waals surface area contributed by atoms with Gasteiger partial charge in [0.05, 0.1) is 0 Å². The number of amides is 1. The third-order valence-electron chi connectivity index (χ3n) is 4.30. The Hall–Kier alpha value is -0.220. The van der Waals surface area contributed by atoms with Crippen LogP contribution in [0.3, 0.4) is 0 Å². The summed E-state index contributed by atoms with van der Waals surface area (Å²) in [5, 5.41) is 7.44. The molecule has 0 spiro atoms. The maximum atomic E-state index is 12.3. The van der Waals surface area contributed by atoms with Gasteiger partial charge in [-0.3, -0.25) is 4.79 Å². The fourth-order valence-electron chi connectivity index (χ4n) is 3.18. The van der Waals surface area contributed by atoms with Gasteiger partial charge in [0.25, 0.3) is 0 Å². The third-order valence-corrected chi connectivity index (χ3v) is 5.40. The van der Waals surface area contributed by atoms with Crippen molar-refractivity contribution >= 4 is 17.7 Å². The largest absolute Gasteiger partial charge is 0.353 e. The van der Waals surface area contributed by atoms with Crippen LogP contribution in [0, 0.1) is 5.92 Å². The minimum atomic E-state index is 0.232. The van der Waals surface area contributed by atoms with Crippen molar-refractivity contribution in [1.82, 2.24) is 10.6 Å². The van der Waals surface area contributed by atoms with Crippen molar-refractivity contribution in [2.24, 2.45) is 5.92 Å². The Bertz CT molecular complexity index is 285. The number of thioether (sulfide) groups is 1. The van der Waals surface area contributed by atoms with Gasteiger partial charge in [-0.05, 0) is 51.8 Å². The van der Waals surface area contributed by atoms with E-state index in [2.05, 4.69) is 23.8 Å². The molecular formula is C14H26N2OS. The summed E-state index contributed by atoms with van der Waals surface area (Å²) in [5.74, 6) is 0.533. The minimum absolute atomic E-state index is 0.232. The van der Waals surface area contributed by atoms with E-state index >= 15 is 0 Å². The van der Waals surface area contributed by atoms with E-state index in [0.717, 1.165) is 31.1 Å². The number of hydrogen-bond acceptors (Lipinski definition) is 3. The number of rotatable bonds is 3. The molecule has 1 saturated carbocycles. The van der Waals surface area contributed by atoms with E-state index < -0.39 is 0 Å². The van der Waals surface area contributed by atoms with Crippen LogP contribution in [0.15, 0.2) is 0 Å². The Labute approximate surface area is 115 Å². The number of carbonyl (C=O) groups is 1. The first-order valence-electron chi connectivity index (χ1n) is 7.25. The zero-order valence-corrected chi connectivity index (χ0v) is 12.4. The number of nitrogens with one attached hydrogen (secondary N) is 2. The second-order valence-corrected chi connectivity index (χ2v) is 6.94. The van der Waals surface area contributed by atoms with Crippen LogP contribution in [0.5, 0.6) is 0 Å². The van der Waals surface area contributed by atoms with Gasteiger partial charge in [-0.1, -0.05) is 6.42 Å². The van der Waals surface area contributed by atoms with Gasteiger partial charge < -0.3 is 10.6 Å². The lowest BCUT2D eigenvalue weighted by Gasteiger charge is -2.32. The van der Waals surface area contributed by atoms with Gasteiger partial charge in [-0.15, -0.1) is 0 Å². The smallest absolute Gasteiger partial charge is 0.223 e. The molecule has 1 heterocycles. The molecular weight excluding hydrogens is 244 g/mol. The van der Waals surface area contributed by atoms with Crippen LogP contribution in [0.2, 0.25) is 0 Å². The zero-order valence-electron chi connectivity index (χ0n) is 11.6. The normalized spacial score (nSPS) is 37.2. The Kier molecular flexibility index (Phi) is 5.37. The molecule has 2 fully saturated rings. The van der Waals surface area contributed by atoms with E-state index in [1.54, 1.807) is 0 Å².